The average Bonchev–Trinajstić information content (AvgIpc) is 3.72. The number of anilines is 7. The Morgan fingerprint density at radius 1 is 0.638 bits per heavy atom. The van der Waals surface area contributed by atoms with Crippen molar-refractivity contribution in [3.05, 3.63) is 113 Å². The second-order valence-electron chi connectivity index (χ2n) is 16.6. The van der Waals surface area contributed by atoms with E-state index in [0.717, 1.165) is 52.4 Å². The summed E-state index contributed by atoms with van der Waals surface area (Å²) in [6.07, 6.45) is 0. The SMILES string of the molecule is CC(=O)C(N=Nc1ccc(Nc2nc(Nc3ccc(C(=O)NCCN4CCOCC4)cc3)nc(Nc3ccc(C(=O)NCCN4CCN(C)CC4)cc3)n2)cc1)C(=O)Nc1ccc2[nH]c(=O)[nH]c2c1. The first-order valence-corrected chi connectivity index (χ1v) is 22.6. The zero-order chi connectivity index (χ0) is 48.1. The fourth-order valence-electron chi connectivity index (χ4n) is 7.47. The van der Waals surface area contributed by atoms with Crippen LogP contribution in [0.25, 0.3) is 11.0 Å². The van der Waals surface area contributed by atoms with E-state index < -0.39 is 17.7 Å². The molecule has 3 amide bonds. The topological polar surface area (TPSA) is 271 Å². The van der Waals surface area contributed by atoms with E-state index in [-0.39, 0.29) is 35.3 Å². The highest BCUT2D eigenvalue weighted by molar-refractivity contribution is 6.10. The molecule has 4 aromatic carbocycles. The number of ketones is 1. The number of nitrogens with zero attached hydrogens (tertiary/aromatic N) is 8. The van der Waals surface area contributed by atoms with Gasteiger partial charge in [0.15, 0.2) is 5.78 Å². The van der Waals surface area contributed by atoms with Crippen molar-refractivity contribution in [3.63, 3.8) is 0 Å². The maximum absolute atomic E-state index is 13.1. The first-order valence-electron chi connectivity index (χ1n) is 22.6. The first-order chi connectivity index (χ1) is 33.5. The summed E-state index contributed by atoms with van der Waals surface area (Å²) in [5, 5.41) is 26.4. The summed E-state index contributed by atoms with van der Waals surface area (Å²) >= 11 is 0. The maximum Gasteiger partial charge on any atom is 0.323 e. The highest BCUT2D eigenvalue weighted by Gasteiger charge is 2.24. The molecule has 0 spiro atoms. The van der Waals surface area contributed by atoms with E-state index in [4.69, 9.17) is 4.74 Å². The lowest BCUT2D eigenvalue weighted by Gasteiger charge is -2.32. The molecule has 0 aliphatic carbocycles. The molecule has 2 saturated heterocycles. The number of likely N-dealkylation sites (N-methyl/N-ethyl adjacent to an activating group) is 1. The summed E-state index contributed by atoms with van der Waals surface area (Å²) in [7, 11) is 2.11. The van der Waals surface area contributed by atoms with Crippen molar-refractivity contribution >= 4 is 80.8 Å². The summed E-state index contributed by atoms with van der Waals surface area (Å²) in [6, 6.07) is 24.0. The van der Waals surface area contributed by atoms with Crippen molar-refractivity contribution in [1.29, 1.82) is 0 Å². The Morgan fingerprint density at radius 3 is 1.64 bits per heavy atom. The van der Waals surface area contributed by atoms with Crippen LogP contribution in [0.15, 0.2) is 106 Å². The normalized spacial score (nSPS) is 15.1. The van der Waals surface area contributed by atoms with E-state index in [1.54, 1.807) is 91.0 Å². The third-order valence-corrected chi connectivity index (χ3v) is 11.4. The molecule has 2 aliphatic rings. The number of piperazine rings is 1. The van der Waals surface area contributed by atoms with Crippen LogP contribution >= 0.6 is 0 Å². The number of H-pyrrole nitrogens is 2. The van der Waals surface area contributed by atoms with Crippen LogP contribution in [0.5, 0.6) is 0 Å². The van der Waals surface area contributed by atoms with Gasteiger partial charge < -0.3 is 51.5 Å². The molecule has 0 saturated carbocycles. The number of nitrogens with one attached hydrogen (secondary N) is 8. The minimum Gasteiger partial charge on any atom is -0.379 e. The Labute approximate surface area is 396 Å². The van der Waals surface area contributed by atoms with Crippen molar-refractivity contribution in [3.8, 4) is 0 Å². The first kappa shape index (κ1) is 47.6. The number of hydrogen-bond acceptors (Lipinski definition) is 17. The fourth-order valence-corrected chi connectivity index (χ4v) is 7.47. The largest absolute Gasteiger partial charge is 0.379 e. The van der Waals surface area contributed by atoms with Crippen molar-refractivity contribution in [2.45, 2.75) is 13.0 Å². The number of ether oxygens (including phenoxy) is 1. The number of amides is 3. The van der Waals surface area contributed by atoms with Crippen molar-refractivity contribution in [1.82, 2.24) is 50.3 Å². The number of aromatic nitrogens is 5. The number of carbonyl (C=O) groups is 4. The number of Topliss-reactive ketones (excluding diaryl/α,β-unsaturated/α-hetero) is 1. The van der Waals surface area contributed by atoms with Crippen LogP contribution in [0, 0.1) is 0 Å². The number of imidazole rings is 1. The monoisotopic (exact) mass is 938 g/mol. The Balaban J connectivity index is 0.927. The number of rotatable bonds is 19. The smallest absolute Gasteiger partial charge is 0.323 e. The van der Waals surface area contributed by atoms with Crippen molar-refractivity contribution in [2.24, 2.45) is 10.2 Å². The molecule has 1 atom stereocenters. The number of benzene rings is 4. The molecule has 1 unspecified atom stereocenters. The van der Waals surface area contributed by atoms with Gasteiger partial charge in [0.25, 0.3) is 17.7 Å². The van der Waals surface area contributed by atoms with Crippen LogP contribution in [0.4, 0.5) is 46.3 Å². The number of fused-ring (bicyclic) bond motifs is 1. The molecular formula is C47H54N16O6. The molecule has 0 radical (unpaired) electrons. The van der Waals surface area contributed by atoms with Gasteiger partial charge in [-0.25, -0.2) is 4.79 Å². The lowest BCUT2D eigenvalue weighted by atomic mass is 10.2. The maximum atomic E-state index is 13.1. The predicted octanol–water partition coefficient (Wildman–Crippen LogP) is 3.99. The van der Waals surface area contributed by atoms with Gasteiger partial charge in [-0.3, -0.25) is 29.0 Å². The number of azo groups is 1. The van der Waals surface area contributed by atoms with Gasteiger partial charge in [-0.1, -0.05) is 0 Å². The Bertz CT molecular complexity index is 2820. The van der Waals surface area contributed by atoms with Gasteiger partial charge >= 0.3 is 5.69 Å². The van der Waals surface area contributed by atoms with E-state index in [2.05, 4.69) is 88.8 Å². The molecule has 2 aliphatic heterocycles. The van der Waals surface area contributed by atoms with E-state index in [9.17, 15) is 24.0 Å². The van der Waals surface area contributed by atoms with Gasteiger partial charge in [-0.2, -0.15) is 25.2 Å². The van der Waals surface area contributed by atoms with Crippen molar-refractivity contribution in [2.75, 3.05) is 107 Å². The minimum atomic E-state index is -1.42. The molecule has 8 rings (SSSR count). The molecule has 2 fully saturated rings. The average molecular weight is 939 g/mol. The van der Waals surface area contributed by atoms with E-state index in [0.29, 0.717) is 76.9 Å². The Hall–Kier alpha value is -7.92. The molecule has 358 valence electrons. The standard InChI is InChI=1S/C47H54N16O6/c1-30(64)40(43(67)50-37-15-16-38-39(29-37)55-47(68)54-38)60-59-36-13-11-35(12-14-36)53-46-57-44(51-33-7-3-31(4-8-33)41(65)48-17-19-62-23-21-61(2)22-24-62)56-45(58-46)52-34-9-5-32(6-10-34)42(66)49-18-20-63-25-27-69-28-26-63/h3-16,29,40H,17-28H2,1-2H3,(H,48,65)(H,49,66)(H,50,67)(H2,54,55,68)(H3,51,52,53,56,57,58). The minimum absolute atomic E-state index is 0.163. The highest BCUT2D eigenvalue weighted by atomic mass is 16.5. The molecule has 69 heavy (non-hydrogen) atoms. The number of carbonyl (C=O) groups excluding carboxylic acids is 4. The van der Waals surface area contributed by atoms with Crippen LogP contribution in [0.2, 0.25) is 0 Å². The van der Waals surface area contributed by atoms with Gasteiger partial charge in [0.2, 0.25) is 23.9 Å². The summed E-state index contributed by atoms with van der Waals surface area (Å²) in [4.78, 5) is 89.0. The number of hydrogen-bond donors (Lipinski definition) is 8. The van der Waals surface area contributed by atoms with Crippen LogP contribution in [-0.2, 0) is 14.3 Å². The van der Waals surface area contributed by atoms with Crippen LogP contribution in [-0.4, -0.2) is 155 Å². The zero-order valence-electron chi connectivity index (χ0n) is 38.3. The van der Waals surface area contributed by atoms with Gasteiger partial charge in [-0.05, 0) is 105 Å². The van der Waals surface area contributed by atoms with Gasteiger partial charge in [0.05, 0.1) is 29.9 Å². The van der Waals surface area contributed by atoms with Gasteiger partial charge in [0.1, 0.15) is 0 Å². The molecule has 22 heteroatoms. The lowest BCUT2D eigenvalue weighted by Crippen LogP contribution is -2.46. The molecule has 8 N–H and O–H groups in total. The summed E-state index contributed by atoms with van der Waals surface area (Å²) in [5.41, 5.74) is 4.26. The van der Waals surface area contributed by atoms with Crippen LogP contribution in [0.1, 0.15) is 27.6 Å². The van der Waals surface area contributed by atoms with E-state index in [1.807, 2.05) is 0 Å². The van der Waals surface area contributed by atoms with Crippen molar-refractivity contribution < 1.29 is 23.9 Å². The van der Waals surface area contributed by atoms with Gasteiger partial charge in [-0.15, -0.1) is 0 Å². The molecular weight excluding hydrogens is 885 g/mol. The van der Waals surface area contributed by atoms with E-state index in [1.165, 1.54) is 6.92 Å². The molecule has 2 aromatic heterocycles. The highest BCUT2D eigenvalue weighted by Crippen LogP contribution is 2.24. The third kappa shape index (κ3) is 13.6. The molecule has 22 nitrogen and oxygen atoms in total. The molecule has 4 heterocycles. The van der Waals surface area contributed by atoms with Gasteiger partial charge in [0, 0.05) is 99.3 Å². The second-order valence-corrected chi connectivity index (χ2v) is 16.6. The second kappa shape index (κ2) is 22.7. The fraction of sp³-hybridized carbons (Fsp3) is 0.319. The number of aromatic amines is 2. The third-order valence-electron chi connectivity index (χ3n) is 11.4. The molecule has 6 aromatic rings. The Kier molecular flexibility index (Phi) is 15.7. The lowest BCUT2D eigenvalue weighted by molar-refractivity contribution is -0.126. The Morgan fingerprint density at radius 2 is 1.12 bits per heavy atom. The summed E-state index contributed by atoms with van der Waals surface area (Å²) < 4.78 is 5.40. The van der Waals surface area contributed by atoms with Crippen LogP contribution < -0.4 is 37.6 Å². The quantitative estimate of drug-likeness (QED) is 0.0422. The molecule has 0 bridgehead atoms. The summed E-state index contributed by atoms with van der Waals surface area (Å²) in [6.45, 7) is 10.9. The van der Waals surface area contributed by atoms with E-state index >= 15 is 0 Å². The predicted molar refractivity (Wildman–Crippen MR) is 261 cm³/mol. The zero-order valence-corrected chi connectivity index (χ0v) is 38.3. The summed E-state index contributed by atoms with van der Waals surface area (Å²) in [5.74, 6) is -0.989. The number of morpholine rings is 1. The van der Waals surface area contributed by atoms with Crippen LogP contribution in [0.3, 0.4) is 0 Å².